The van der Waals surface area contributed by atoms with Crippen molar-refractivity contribution in [1.29, 1.82) is 0 Å². The number of carbonyl (C=O) groups is 1. The molecule has 0 bridgehead atoms. The minimum absolute atomic E-state index is 0.294. The van der Waals surface area contributed by atoms with Gasteiger partial charge >= 0.3 is 5.97 Å². The highest BCUT2D eigenvalue weighted by molar-refractivity contribution is 5.92. The summed E-state index contributed by atoms with van der Waals surface area (Å²) >= 11 is 0. The molecule has 2 aromatic carbocycles. The van der Waals surface area contributed by atoms with E-state index in [1.54, 1.807) is 0 Å². The molecule has 0 spiro atoms. The molecule has 19 heavy (non-hydrogen) atoms. The molecule has 1 N–H and O–H groups in total. The second kappa shape index (κ2) is 4.76. The fourth-order valence-corrected chi connectivity index (χ4v) is 2.49. The number of rotatable bonds is 1. The molecule has 1 aliphatic heterocycles. The molecule has 0 atom stereocenters. The highest BCUT2D eigenvalue weighted by Crippen LogP contribution is 2.34. The lowest BCUT2D eigenvalue weighted by Crippen LogP contribution is -2.03. The van der Waals surface area contributed by atoms with Crippen molar-refractivity contribution < 1.29 is 9.53 Å². The Balaban J connectivity index is 2.18. The van der Waals surface area contributed by atoms with Crippen LogP contribution < -0.4 is 5.32 Å². The van der Waals surface area contributed by atoms with Crippen LogP contribution in [0.15, 0.2) is 42.5 Å². The Morgan fingerprint density at radius 3 is 2.84 bits per heavy atom. The summed E-state index contributed by atoms with van der Waals surface area (Å²) in [5.41, 5.74) is 5.22. The first-order chi connectivity index (χ1) is 9.29. The second-order valence-electron chi connectivity index (χ2n) is 4.59. The van der Waals surface area contributed by atoms with Gasteiger partial charge in [0.15, 0.2) is 0 Å². The van der Waals surface area contributed by atoms with E-state index in [1.165, 1.54) is 12.7 Å². The highest BCUT2D eigenvalue weighted by Gasteiger charge is 2.16. The summed E-state index contributed by atoms with van der Waals surface area (Å²) in [4.78, 5) is 11.7. The largest absolute Gasteiger partial charge is 0.465 e. The molecule has 2 aromatic rings. The molecule has 3 rings (SSSR count). The zero-order chi connectivity index (χ0) is 13.2. The number of benzene rings is 2. The van der Waals surface area contributed by atoms with Crippen LogP contribution in [-0.4, -0.2) is 19.6 Å². The predicted octanol–water partition coefficient (Wildman–Crippen LogP) is 3.11. The van der Waals surface area contributed by atoms with E-state index < -0.39 is 0 Å². The maximum Gasteiger partial charge on any atom is 0.337 e. The van der Waals surface area contributed by atoms with Crippen molar-refractivity contribution in [2.24, 2.45) is 0 Å². The fourth-order valence-electron chi connectivity index (χ4n) is 2.49. The van der Waals surface area contributed by atoms with Gasteiger partial charge in [-0.05, 0) is 35.7 Å². The quantitative estimate of drug-likeness (QED) is 0.794. The Kier molecular flexibility index (Phi) is 2.95. The predicted molar refractivity (Wildman–Crippen MR) is 75.4 cm³/mol. The Labute approximate surface area is 112 Å². The summed E-state index contributed by atoms with van der Waals surface area (Å²) < 4.78 is 4.79. The molecular weight excluding hydrogens is 238 g/mol. The number of carbonyl (C=O) groups excluding carboxylic acids is 1. The average molecular weight is 253 g/mol. The maximum absolute atomic E-state index is 11.7. The van der Waals surface area contributed by atoms with Crippen LogP contribution in [0.4, 0.5) is 5.69 Å². The Morgan fingerprint density at radius 1 is 1.16 bits per heavy atom. The van der Waals surface area contributed by atoms with E-state index in [0.717, 1.165) is 29.8 Å². The molecule has 0 saturated heterocycles. The summed E-state index contributed by atoms with van der Waals surface area (Å²) in [5, 5.41) is 3.42. The van der Waals surface area contributed by atoms with E-state index in [0.29, 0.717) is 5.56 Å². The number of para-hydroxylation sites is 1. The van der Waals surface area contributed by atoms with Crippen molar-refractivity contribution in [3.63, 3.8) is 0 Å². The molecule has 3 nitrogen and oxygen atoms in total. The van der Waals surface area contributed by atoms with Crippen molar-refractivity contribution in [2.75, 3.05) is 19.0 Å². The van der Waals surface area contributed by atoms with Gasteiger partial charge in [0.05, 0.1) is 12.7 Å². The molecule has 0 unspecified atom stereocenters. The van der Waals surface area contributed by atoms with Gasteiger partial charge in [0, 0.05) is 17.8 Å². The van der Waals surface area contributed by atoms with Crippen molar-refractivity contribution in [3.8, 4) is 11.1 Å². The van der Waals surface area contributed by atoms with Gasteiger partial charge in [0.25, 0.3) is 0 Å². The zero-order valence-corrected chi connectivity index (χ0v) is 10.8. The van der Waals surface area contributed by atoms with Gasteiger partial charge in [0.2, 0.25) is 0 Å². The summed E-state index contributed by atoms with van der Waals surface area (Å²) in [6.45, 7) is 0.904. The molecule has 1 heterocycles. The smallest absolute Gasteiger partial charge is 0.337 e. The lowest BCUT2D eigenvalue weighted by molar-refractivity contribution is 0.0601. The third-order valence-electron chi connectivity index (χ3n) is 3.46. The first-order valence-corrected chi connectivity index (χ1v) is 6.34. The van der Waals surface area contributed by atoms with Crippen LogP contribution in [0.3, 0.4) is 0 Å². The van der Waals surface area contributed by atoms with Crippen LogP contribution in [0.25, 0.3) is 11.1 Å². The number of ether oxygens (including phenoxy) is 1. The van der Waals surface area contributed by atoms with Gasteiger partial charge in [-0.25, -0.2) is 4.79 Å². The molecule has 0 fully saturated rings. The van der Waals surface area contributed by atoms with Crippen LogP contribution in [0.2, 0.25) is 0 Å². The van der Waals surface area contributed by atoms with Gasteiger partial charge in [-0.15, -0.1) is 0 Å². The van der Waals surface area contributed by atoms with Crippen molar-refractivity contribution in [1.82, 2.24) is 0 Å². The number of methoxy groups -OCH3 is 1. The van der Waals surface area contributed by atoms with Crippen LogP contribution in [0, 0.1) is 0 Å². The van der Waals surface area contributed by atoms with Crippen LogP contribution in [0.5, 0.6) is 0 Å². The Bertz CT molecular complexity index is 634. The Hall–Kier alpha value is -2.29. The monoisotopic (exact) mass is 253 g/mol. The molecule has 0 saturated carbocycles. The van der Waals surface area contributed by atoms with E-state index >= 15 is 0 Å². The molecular formula is C16H15NO2. The molecule has 3 heteroatoms. The second-order valence-corrected chi connectivity index (χ2v) is 4.59. The molecule has 0 aliphatic carbocycles. The zero-order valence-electron chi connectivity index (χ0n) is 10.8. The normalized spacial score (nSPS) is 12.7. The number of esters is 1. The van der Waals surface area contributed by atoms with Gasteiger partial charge in [-0.2, -0.15) is 0 Å². The summed E-state index contributed by atoms with van der Waals surface area (Å²) in [6.07, 6.45) is 0.950. The minimum atomic E-state index is -0.294. The summed E-state index contributed by atoms with van der Waals surface area (Å²) in [5.74, 6) is -0.294. The molecule has 1 aliphatic rings. The lowest BCUT2D eigenvalue weighted by Gasteiger charge is -2.10. The van der Waals surface area contributed by atoms with E-state index in [-0.39, 0.29) is 5.97 Å². The fraction of sp³-hybridized carbons (Fsp3) is 0.188. The van der Waals surface area contributed by atoms with Gasteiger partial charge in [-0.3, -0.25) is 0 Å². The van der Waals surface area contributed by atoms with Gasteiger partial charge < -0.3 is 10.1 Å². The number of fused-ring (bicyclic) bond motifs is 3. The SMILES string of the molecule is COC(=O)c1ccc2c(c1)-c1ccccc1NCC2. The molecule has 0 aromatic heterocycles. The third kappa shape index (κ3) is 2.08. The number of nitrogens with one attached hydrogen (secondary N) is 1. The molecule has 0 radical (unpaired) electrons. The minimum Gasteiger partial charge on any atom is -0.465 e. The van der Waals surface area contributed by atoms with Crippen molar-refractivity contribution >= 4 is 11.7 Å². The number of hydrogen-bond donors (Lipinski definition) is 1. The highest BCUT2D eigenvalue weighted by atomic mass is 16.5. The van der Waals surface area contributed by atoms with E-state index in [4.69, 9.17) is 4.74 Å². The Morgan fingerprint density at radius 2 is 2.00 bits per heavy atom. The molecule has 96 valence electrons. The van der Waals surface area contributed by atoms with E-state index in [1.807, 2.05) is 30.3 Å². The maximum atomic E-state index is 11.7. The average Bonchev–Trinajstić information content (AvgIpc) is 2.65. The first-order valence-electron chi connectivity index (χ1n) is 6.34. The third-order valence-corrected chi connectivity index (χ3v) is 3.46. The standard InChI is InChI=1S/C16H15NO2/c1-19-16(18)12-7-6-11-8-9-17-15-5-3-2-4-13(15)14(11)10-12/h2-7,10,17H,8-9H2,1H3. The van der Waals surface area contributed by atoms with Crippen LogP contribution >= 0.6 is 0 Å². The topological polar surface area (TPSA) is 38.3 Å². The molecule has 0 amide bonds. The lowest BCUT2D eigenvalue weighted by atomic mass is 9.96. The van der Waals surface area contributed by atoms with Gasteiger partial charge in [0.1, 0.15) is 0 Å². The van der Waals surface area contributed by atoms with Crippen LogP contribution in [0.1, 0.15) is 15.9 Å². The number of anilines is 1. The summed E-state index contributed by atoms with van der Waals surface area (Å²) in [6, 6.07) is 13.9. The van der Waals surface area contributed by atoms with E-state index in [2.05, 4.69) is 17.4 Å². The summed E-state index contributed by atoms with van der Waals surface area (Å²) in [7, 11) is 1.41. The van der Waals surface area contributed by atoms with Crippen molar-refractivity contribution in [3.05, 3.63) is 53.6 Å². The van der Waals surface area contributed by atoms with Gasteiger partial charge in [-0.1, -0.05) is 24.3 Å². The first kappa shape index (κ1) is 11.8. The van der Waals surface area contributed by atoms with E-state index in [9.17, 15) is 4.79 Å². The van der Waals surface area contributed by atoms with Crippen LogP contribution in [-0.2, 0) is 11.2 Å². The van der Waals surface area contributed by atoms with Crippen molar-refractivity contribution in [2.45, 2.75) is 6.42 Å². The number of hydrogen-bond acceptors (Lipinski definition) is 3.